The van der Waals surface area contributed by atoms with E-state index < -0.39 is 5.54 Å². The highest BCUT2D eigenvalue weighted by molar-refractivity contribution is 5.27. The van der Waals surface area contributed by atoms with Crippen LogP contribution in [0.5, 0.6) is 5.75 Å². The second kappa shape index (κ2) is 5.72. The SMILES string of the molecule is CCCc1ccc(OCC(N)(CO)C2CC2)cc1. The molecule has 1 fully saturated rings. The lowest BCUT2D eigenvalue weighted by atomic mass is 9.97. The lowest BCUT2D eigenvalue weighted by molar-refractivity contribution is 0.117. The van der Waals surface area contributed by atoms with Crippen LogP contribution in [0.2, 0.25) is 0 Å². The van der Waals surface area contributed by atoms with E-state index in [1.165, 1.54) is 5.56 Å². The van der Waals surface area contributed by atoms with Gasteiger partial charge in [-0.05, 0) is 42.9 Å². The topological polar surface area (TPSA) is 55.5 Å². The van der Waals surface area contributed by atoms with Crippen molar-refractivity contribution in [2.45, 2.75) is 38.1 Å². The Kier molecular flexibility index (Phi) is 4.25. The Morgan fingerprint density at radius 1 is 1.33 bits per heavy atom. The fourth-order valence-electron chi connectivity index (χ4n) is 2.21. The highest BCUT2D eigenvalue weighted by atomic mass is 16.5. The van der Waals surface area contributed by atoms with Gasteiger partial charge in [0.1, 0.15) is 12.4 Å². The van der Waals surface area contributed by atoms with Crippen LogP contribution in [0.3, 0.4) is 0 Å². The van der Waals surface area contributed by atoms with Crippen molar-refractivity contribution in [3.05, 3.63) is 29.8 Å². The molecule has 0 saturated heterocycles. The third-order valence-electron chi connectivity index (χ3n) is 3.65. The maximum absolute atomic E-state index is 9.38. The number of ether oxygens (including phenoxy) is 1. The standard InChI is InChI=1S/C15H23NO2/c1-2-3-12-4-8-14(9-5-12)18-11-15(16,10-17)13-6-7-13/h4-5,8-9,13,17H,2-3,6-7,10-11,16H2,1H3. The van der Waals surface area contributed by atoms with Gasteiger partial charge in [0, 0.05) is 0 Å². The largest absolute Gasteiger partial charge is 0.492 e. The van der Waals surface area contributed by atoms with E-state index >= 15 is 0 Å². The minimum absolute atomic E-state index is 0.00835. The minimum atomic E-state index is -0.567. The predicted molar refractivity (Wildman–Crippen MR) is 72.7 cm³/mol. The van der Waals surface area contributed by atoms with Crippen LogP contribution < -0.4 is 10.5 Å². The lowest BCUT2D eigenvalue weighted by Gasteiger charge is -2.27. The highest BCUT2D eigenvalue weighted by Gasteiger charge is 2.42. The summed E-state index contributed by atoms with van der Waals surface area (Å²) in [6.07, 6.45) is 4.46. The Hall–Kier alpha value is -1.06. The molecule has 18 heavy (non-hydrogen) atoms. The monoisotopic (exact) mass is 249 g/mol. The first kappa shape index (κ1) is 13.4. The molecular weight excluding hydrogens is 226 g/mol. The van der Waals surface area contributed by atoms with Crippen molar-refractivity contribution in [2.24, 2.45) is 11.7 Å². The van der Waals surface area contributed by atoms with E-state index in [9.17, 15) is 5.11 Å². The zero-order valence-corrected chi connectivity index (χ0v) is 11.1. The molecule has 100 valence electrons. The van der Waals surface area contributed by atoms with Crippen molar-refractivity contribution in [3.8, 4) is 5.75 Å². The molecule has 0 bridgehead atoms. The molecule has 1 aliphatic carbocycles. The van der Waals surface area contributed by atoms with E-state index in [1.807, 2.05) is 12.1 Å². The van der Waals surface area contributed by atoms with Crippen LogP contribution in [0.1, 0.15) is 31.7 Å². The van der Waals surface area contributed by atoms with E-state index in [0.29, 0.717) is 12.5 Å². The molecule has 1 saturated carbocycles. The number of hydrogen-bond acceptors (Lipinski definition) is 3. The third-order valence-corrected chi connectivity index (χ3v) is 3.65. The smallest absolute Gasteiger partial charge is 0.119 e. The normalized spacial score (nSPS) is 18.4. The van der Waals surface area contributed by atoms with E-state index in [4.69, 9.17) is 10.5 Å². The molecule has 3 nitrogen and oxygen atoms in total. The molecule has 1 aromatic rings. The van der Waals surface area contributed by atoms with Crippen LogP contribution in [0.25, 0.3) is 0 Å². The van der Waals surface area contributed by atoms with Gasteiger partial charge in [-0.1, -0.05) is 25.5 Å². The minimum Gasteiger partial charge on any atom is -0.492 e. The van der Waals surface area contributed by atoms with Gasteiger partial charge < -0.3 is 15.6 Å². The van der Waals surface area contributed by atoms with E-state index in [2.05, 4.69) is 19.1 Å². The molecule has 1 atom stereocenters. The Morgan fingerprint density at radius 2 is 2.00 bits per heavy atom. The van der Waals surface area contributed by atoms with Crippen LogP contribution in [-0.4, -0.2) is 23.9 Å². The summed E-state index contributed by atoms with van der Waals surface area (Å²) in [5.41, 5.74) is 6.91. The van der Waals surface area contributed by atoms with Crippen LogP contribution >= 0.6 is 0 Å². The first-order valence-electron chi connectivity index (χ1n) is 6.79. The molecule has 3 heteroatoms. The average molecular weight is 249 g/mol. The quantitative estimate of drug-likeness (QED) is 0.778. The Morgan fingerprint density at radius 3 is 2.50 bits per heavy atom. The zero-order valence-electron chi connectivity index (χ0n) is 11.1. The van der Waals surface area contributed by atoms with Crippen molar-refractivity contribution in [1.29, 1.82) is 0 Å². The lowest BCUT2D eigenvalue weighted by Crippen LogP contribution is -2.51. The van der Waals surface area contributed by atoms with E-state index in [0.717, 1.165) is 31.4 Å². The number of aliphatic hydroxyl groups excluding tert-OH is 1. The van der Waals surface area contributed by atoms with E-state index in [-0.39, 0.29) is 6.61 Å². The molecule has 1 aromatic carbocycles. The fraction of sp³-hybridized carbons (Fsp3) is 0.600. The summed E-state index contributed by atoms with van der Waals surface area (Å²) in [6.45, 7) is 2.55. The summed E-state index contributed by atoms with van der Waals surface area (Å²) in [5, 5.41) is 9.38. The maximum atomic E-state index is 9.38. The van der Waals surface area contributed by atoms with Crippen LogP contribution in [0, 0.1) is 5.92 Å². The van der Waals surface area contributed by atoms with Gasteiger partial charge in [-0.15, -0.1) is 0 Å². The number of rotatable bonds is 7. The number of aliphatic hydroxyl groups is 1. The van der Waals surface area contributed by atoms with Crippen molar-refractivity contribution in [2.75, 3.05) is 13.2 Å². The summed E-state index contributed by atoms with van der Waals surface area (Å²) >= 11 is 0. The van der Waals surface area contributed by atoms with Gasteiger partial charge in [0.05, 0.1) is 12.1 Å². The molecule has 1 unspecified atom stereocenters. The Balaban J connectivity index is 1.89. The van der Waals surface area contributed by atoms with Gasteiger partial charge in [-0.25, -0.2) is 0 Å². The average Bonchev–Trinajstić information content (AvgIpc) is 3.23. The molecule has 0 amide bonds. The molecule has 2 rings (SSSR count). The molecule has 3 N–H and O–H groups in total. The predicted octanol–water partition coefficient (Wildman–Crippen LogP) is 2.12. The Bertz CT molecular complexity index is 373. The van der Waals surface area contributed by atoms with Crippen LogP contribution in [0.4, 0.5) is 0 Å². The first-order chi connectivity index (χ1) is 8.68. The molecule has 0 radical (unpaired) electrons. The van der Waals surface area contributed by atoms with Crippen molar-refractivity contribution in [3.63, 3.8) is 0 Å². The molecule has 0 spiro atoms. The van der Waals surface area contributed by atoms with Gasteiger partial charge in [-0.3, -0.25) is 0 Å². The fourth-order valence-corrected chi connectivity index (χ4v) is 2.21. The molecule has 0 heterocycles. The second-order valence-electron chi connectivity index (χ2n) is 5.35. The summed E-state index contributed by atoms with van der Waals surface area (Å²) in [7, 11) is 0. The highest BCUT2D eigenvalue weighted by Crippen LogP contribution is 2.38. The summed E-state index contributed by atoms with van der Waals surface area (Å²) < 4.78 is 5.71. The Labute approximate surface area is 109 Å². The van der Waals surface area contributed by atoms with Crippen molar-refractivity contribution < 1.29 is 9.84 Å². The van der Waals surface area contributed by atoms with Crippen LogP contribution in [0.15, 0.2) is 24.3 Å². The number of aryl methyl sites for hydroxylation is 1. The second-order valence-corrected chi connectivity index (χ2v) is 5.35. The van der Waals surface area contributed by atoms with Gasteiger partial charge >= 0.3 is 0 Å². The third kappa shape index (κ3) is 3.24. The molecule has 1 aliphatic rings. The molecule has 0 aliphatic heterocycles. The molecule has 0 aromatic heterocycles. The summed E-state index contributed by atoms with van der Waals surface area (Å²) in [5.74, 6) is 1.25. The maximum Gasteiger partial charge on any atom is 0.119 e. The summed E-state index contributed by atoms with van der Waals surface area (Å²) in [6, 6.07) is 8.14. The van der Waals surface area contributed by atoms with Gasteiger partial charge in [-0.2, -0.15) is 0 Å². The van der Waals surface area contributed by atoms with E-state index in [1.54, 1.807) is 0 Å². The van der Waals surface area contributed by atoms with Crippen LogP contribution in [-0.2, 0) is 6.42 Å². The first-order valence-corrected chi connectivity index (χ1v) is 6.79. The van der Waals surface area contributed by atoms with Crippen molar-refractivity contribution >= 4 is 0 Å². The zero-order chi connectivity index (χ0) is 13.0. The summed E-state index contributed by atoms with van der Waals surface area (Å²) in [4.78, 5) is 0. The number of benzene rings is 1. The molecular formula is C15H23NO2. The van der Waals surface area contributed by atoms with Gasteiger partial charge in [0.15, 0.2) is 0 Å². The number of nitrogens with two attached hydrogens (primary N) is 1. The number of hydrogen-bond donors (Lipinski definition) is 2. The van der Waals surface area contributed by atoms with Gasteiger partial charge in [0.25, 0.3) is 0 Å². The van der Waals surface area contributed by atoms with Gasteiger partial charge in [0.2, 0.25) is 0 Å². The van der Waals surface area contributed by atoms with Crippen molar-refractivity contribution in [1.82, 2.24) is 0 Å².